The summed E-state index contributed by atoms with van der Waals surface area (Å²) in [6.45, 7) is 25.6. The molecule has 0 saturated carbocycles. The summed E-state index contributed by atoms with van der Waals surface area (Å²) in [4.78, 5) is 49.8. The third-order valence-corrected chi connectivity index (χ3v) is 14.2. The zero-order valence-electron chi connectivity index (χ0n) is 52.8. The molecule has 0 atom stereocenters. The molecule has 2 aromatic carbocycles. The van der Waals surface area contributed by atoms with E-state index in [1.54, 1.807) is 12.1 Å². The molecule has 0 aliphatic heterocycles. The maximum atomic E-state index is 12.8. The fourth-order valence-corrected chi connectivity index (χ4v) is 10.1. The van der Waals surface area contributed by atoms with Gasteiger partial charge in [0.2, 0.25) is 0 Å². The second-order valence-corrected chi connectivity index (χ2v) is 23.0. The van der Waals surface area contributed by atoms with Gasteiger partial charge in [-0.3, -0.25) is 19.2 Å². The number of aryl methyl sites for hydroxylation is 2. The van der Waals surface area contributed by atoms with E-state index in [0.717, 1.165) is 85.8 Å². The molecule has 0 spiro atoms. The lowest BCUT2D eigenvalue weighted by Crippen LogP contribution is -2.28. The number of carbonyl (C=O) groups excluding carboxylic acids is 4. The molecule has 6 rings (SSSR count). The second-order valence-electron chi connectivity index (χ2n) is 23.0. The van der Waals surface area contributed by atoms with Crippen molar-refractivity contribution in [2.45, 2.75) is 92.9 Å². The number of nitrogens with two attached hydrogens (primary N) is 3. The zero-order chi connectivity index (χ0) is 62.9. The van der Waals surface area contributed by atoms with Gasteiger partial charge in [-0.05, 0) is 120 Å². The number of nitrogens with zero attached hydrogens (tertiary/aromatic N) is 4. The third-order valence-electron chi connectivity index (χ3n) is 14.2. The standard InChI is InChI=1S/C32H51N5O7.C31H49N5O7/c1-24-30-28(22-32(2,3)23-29(30)38)37(36-24)25-7-8-26(31(33)39)27(21-25)35-10-6-12-41-14-16-43-18-20-44-19-17-42-15-13-40-11-5-9-34-4;1-23-29-27(21-31(2,3)22-28(29)37)36(35-23)24-6-7-25(30(33)38)26(20-24)34-9-5-11-40-13-15-42-17-19-43-18-16-41-14-12-39-10-4-8-32/h7-8,21,34-35H,5-6,9-20,22-23H2,1-4H3,(H2,33,39);6-7,20,34H,4-5,8-19,21-22,32H2,1-3H3,(H2,33,38). The summed E-state index contributed by atoms with van der Waals surface area (Å²) in [7, 11) is 1.93. The molecule has 24 heteroatoms. The SMILES string of the molecule is CNCCCOCCOCCOCCOCCOCCCNc1cc(-n2nc(C)c3c2CC(C)(C)CC3=O)ccc1C(N)=O.Cc1nn(-c2ccc(C(N)=O)c(NCCCOCCOCCOCCOCCOCCCN)c2)c2c1C(=O)CC(C)(C)C2. The molecule has 0 fully saturated rings. The van der Waals surface area contributed by atoms with Gasteiger partial charge in [0.15, 0.2) is 11.6 Å². The monoisotopic (exact) mass is 1220 g/mol. The molecule has 486 valence electrons. The maximum absolute atomic E-state index is 12.8. The van der Waals surface area contributed by atoms with Gasteiger partial charge in [0.25, 0.3) is 11.8 Å². The minimum Gasteiger partial charge on any atom is -0.384 e. The van der Waals surface area contributed by atoms with Gasteiger partial charge < -0.3 is 80.5 Å². The number of ketones is 2. The Morgan fingerprint density at radius 2 is 0.770 bits per heavy atom. The molecule has 2 aromatic heterocycles. The van der Waals surface area contributed by atoms with Gasteiger partial charge in [-0.1, -0.05) is 27.7 Å². The molecule has 0 bridgehead atoms. The maximum Gasteiger partial charge on any atom is 0.250 e. The number of carbonyl (C=O) groups is 4. The topological polar surface area (TPSA) is 310 Å². The Hall–Kier alpha value is -5.74. The van der Waals surface area contributed by atoms with E-state index in [2.05, 4.69) is 53.8 Å². The highest BCUT2D eigenvalue weighted by Crippen LogP contribution is 2.39. The number of aromatic nitrogens is 4. The van der Waals surface area contributed by atoms with E-state index in [1.807, 2.05) is 54.5 Å². The van der Waals surface area contributed by atoms with Crippen LogP contribution >= 0.6 is 0 Å². The highest BCUT2D eigenvalue weighted by atomic mass is 16.6. The molecule has 2 amide bonds. The van der Waals surface area contributed by atoms with Gasteiger partial charge in [-0.2, -0.15) is 10.2 Å². The molecule has 0 unspecified atom stereocenters. The molecule has 2 heterocycles. The number of anilines is 2. The number of hydrogen-bond donors (Lipinski definition) is 6. The van der Waals surface area contributed by atoms with E-state index < -0.39 is 11.8 Å². The number of benzene rings is 2. The summed E-state index contributed by atoms with van der Waals surface area (Å²) in [5, 5.41) is 19.1. The number of amides is 2. The highest BCUT2D eigenvalue weighted by molar-refractivity contribution is 6.01. The number of hydrogen-bond acceptors (Lipinski definition) is 20. The summed E-state index contributed by atoms with van der Waals surface area (Å²) in [5.74, 6) is -0.781. The normalized spacial score (nSPS) is 14.2. The van der Waals surface area contributed by atoms with E-state index in [4.69, 9.17) is 64.6 Å². The van der Waals surface area contributed by atoms with Crippen molar-refractivity contribution in [3.63, 3.8) is 0 Å². The minimum absolute atomic E-state index is 0.124. The summed E-state index contributed by atoms with van der Waals surface area (Å²) in [5.41, 5.74) is 24.7. The highest BCUT2D eigenvalue weighted by Gasteiger charge is 2.37. The Bertz CT molecular complexity index is 2710. The van der Waals surface area contributed by atoms with E-state index in [-0.39, 0.29) is 22.4 Å². The van der Waals surface area contributed by atoms with Crippen LogP contribution < -0.4 is 33.2 Å². The average molecular weight is 1220 g/mol. The van der Waals surface area contributed by atoms with Crippen molar-refractivity contribution in [1.29, 1.82) is 0 Å². The van der Waals surface area contributed by atoms with Crippen LogP contribution in [0.4, 0.5) is 11.4 Å². The Balaban J connectivity index is 0.000000317. The van der Waals surface area contributed by atoms with Crippen molar-refractivity contribution in [2.75, 3.05) is 176 Å². The molecular weight excluding hydrogens is 1120 g/mol. The molecule has 4 aromatic rings. The van der Waals surface area contributed by atoms with E-state index in [9.17, 15) is 19.2 Å². The fourth-order valence-electron chi connectivity index (χ4n) is 10.1. The van der Waals surface area contributed by atoms with Crippen molar-refractivity contribution < 1.29 is 66.5 Å². The van der Waals surface area contributed by atoms with Gasteiger partial charge >= 0.3 is 0 Å². The lowest BCUT2D eigenvalue weighted by Gasteiger charge is -2.29. The van der Waals surface area contributed by atoms with Crippen LogP contribution in [-0.4, -0.2) is 208 Å². The summed E-state index contributed by atoms with van der Waals surface area (Å²) in [6, 6.07) is 10.8. The van der Waals surface area contributed by atoms with Crippen molar-refractivity contribution in [3.8, 4) is 11.4 Å². The van der Waals surface area contributed by atoms with Crippen molar-refractivity contribution in [3.05, 3.63) is 81.4 Å². The van der Waals surface area contributed by atoms with Crippen LogP contribution in [-0.2, 0) is 60.2 Å². The van der Waals surface area contributed by atoms with E-state index >= 15 is 0 Å². The molecule has 24 nitrogen and oxygen atoms in total. The molecule has 2 aliphatic rings. The quantitative estimate of drug-likeness (QED) is 0.0294. The van der Waals surface area contributed by atoms with Crippen molar-refractivity contribution >= 4 is 34.8 Å². The first-order valence-electron chi connectivity index (χ1n) is 30.7. The number of rotatable bonds is 45. The second kappa shape index (κ2) is 39.3. The first kappa shape index (κ1) is 72.0. The van der Waals surface area contributed by atoms with Gasteiger partial charge in [0, 0.05) is 63.7 Å². The lowest BCUT2D eigenvalue weighted by atomic mass is 9.75. The van der Waals surface area contributed by atoms with Gasteiger partial charge in [0.05, 0.1) is 162 Å². The molecule has 0 radical (unpaired) electrons. The predicted molar refractivity (Wildman–Crippen MR) is 333 cm³/mol. The van der Waals surface area contributed by atoms with Crippen molar-refractivity contribution in [2.24, 2.45) is 28.0 Å². The number of nitrogens with one attached hydrogen (secondary N) is 3. The molecule has 0 saturated heterocycles. The van der Waals surface area contributed by atoms with Gasteiger partial charge in [-0.15, -0.1) is 0 Å². The number of ether oxygens (including phenoxy) is 10. The van der Waals surface area contributed by atoms with Gasteiger partial charge in [0.1, 0.15) is 0 Å². The van der Waals surface area contributed by atoms with Crippen LogP contribution in [0.5, 0.6) is 0 Å². The molecule has 2 aliphatic carbocycles. The van der Waals surface area contributed by atoms with Crippen LogP contribution in [0.25, 0.3) is 11.4 Å². The smallest absolute Gasteiger partial charge is 0.250 e. The van der Waals surface area contributed by atoms with Crippen molar-refractivity contribution in [1.82, 2.24) is 24.9 Å². The Morgan fingerprint density at radius 1 is 0.471 bits per heavy atom. The first-order chi connectivity index (χ1) is 42.0. The summed E-state index contributed by atoms with van der Waals surface area (Å²) in [6.07, 6.45) is 5.81. The van der Waals surface area contributed by atoms with Crippen LogP contribution in [0.1, 0.15) is 130 Å². The number of fused-ring (bicyclic) bond motifs is 2. The summed E-state index contributed by atoms with van der Waals surface area (Å²) < 4.78 is 58.7. The van der Waals surface area contributed by atoms with Crippen LogP contribution in [0, 0.1) is 24.7 Å². The third kappa shape index (κ3) is 25.3. The Morgan fingerprint density at radius 3 is 1.07 bits per heavy atom. The van der Waals surface area contributed by atoms with Crippen LogP contribution in [0.3, 0.4) is 0 Å². The average Bonchev–Trinajstić information content (AvgIpc) is 1.78. The molecular formula is C63H100N10O14. The van der Waals surface area contributed by atoms with Crippen LogP contribution in [0.2, 0.25) is 0 Å². The van der Waals surface area contributed by atoms with Gasteiger partial charge in [-0.25, -0.2) is 9.36 Å². The summed E-state index contributed by atoms with van der Waals surface area (Å²) >= 11 is 0. The number of Topliss-reactive ketones (excluding diaryl/α,β-unsaturated/α-hetero) is 2. The Kier molecular flexibility index (Phi) is 32.5. The number of primary amides is 2. The Labute approximate surface area is 514 Å². The van der Waals surface area contributed by atoms with Crippen LogP contribution in [0.15, 0.2) is 36.4 Å². The van der Waals surface area contributed by atoms with E-state index in [1.165, 1.54) is 0 Å². The van der Waals surface area contributed by atoms with E-state index in [0.29, 0.717) is 192 Å². The molecule has 87 heavy (non-hydrogen) atoms. The first-order valence-corrected chi connectivity index (χ1v) is 30.7. The lowest BCUT2D eigenvalue weighted by molar-refractivity contribution is -0.0111. The minimum atomic E-state index is -0.516. The fraction of sp³-hybridized carbons (Fsp3) is 0.651. The predicted octanol–water partition coefficient (Wildman–Crippen LogP) is 5.60. The molecule has 9 N–H and O–H groups in total. The largest absolute Gasteiger partial charge is 0.384 e. The zero-order valence-corrected chi connectivity index (χ0v) is 52.8.